The zero-order valence-electron chi connectivity index (χ0n) is 32.7. The van der Waals surface area contributed by atoms with Gasteiger partial charge in [0.1, 0.15) is 0 Å². The number of hydrogen-bond acceptors (Lipinski definition) is 6. The fraction of sp³-hybridized carbons (Fsp3) is 0.405. The minimum absolute atomic E-state index is 0.0868. The van der Waals surface area contributed by atoms with E-state index < -0.39 is 0 Å². The summed E-state index contributed by atoms with van der Waals surface area (Å²) in [5, 5.41) is 17.1. The molecule has 2 atom stereocenters. The van der Waals surface area contributed by atoms with Crippen LogP contribution in [-0.4, -0.2) is 78.1 Å². The molecule has 0 bridgehead atoms. The number of benzene rings is 4. The zero-order valence-corrected chi connectivity index (χ0v) is 34.9. The van der Waals surface area contributed by atoms with Crippen molar-refractivity contribution in [1.29, 1.82) is 0 Å². The van der Waals surface area contributed by atoms with Crippen LogP contribution in [0.25, 0.3) is 0 Å². The second-order valence-electron chi connectivity index (χ2n) is 15.7. The summed E-state index contributed by atoms with van der Waals surface area (Å²) in [6.45, 7) is 17.0. The molecule has 0 saturated carbocycles. The van der Waals surface area contributed by atoms with Gasteiger partial charge >= 0.3 is 279 Å². The van der Waals surface area contributed by atoms with Gasteiger partial charge in [-0.1, -0.05) is 0 Å². The summed E-state index contributed by atoms with van der Waals surface area (Å²) in [5.74, 6) is 0. The fourth-order valence-corrected chi connectivity index (χ4v) is 8.00. The second-order valence-corrected chi connectivity index (χ2v) is 16.7. The van der Waals surface area contributed by atoms with Gasteiger partial charge in [0, 0.05) is 0 Å². The normalized spacial score (nSPS) is 15.1. The van der Waals surface area contributed by atoms with E-state index in [0.717, 1.165) is 9.83 Å². The van der Waals surface area contributed by atoms with Crippen molar-refractivity contribution >= 4 is 29.3 Å². The Morgan fingerprint density at radius 2 is 1.00 bits per heavy atom. The standard InChI is InChI=1S/C37H45B2N4.C5H12O2.Pt/c1-28-11-15-30(16-12-28)36(3,4)32-19-23-34(24-20-32)42-27-43(39(41(9)10)38(42)40(7)8)35-25-21-33(22-26-35)37(5,6)31-17-13-29(2)14-18-31;1-4(6)3-5(2)7;/h11-25H,1-10H3;4-7H,3H2,1-2H3;/q-1;;. The van der Waals surface area contributed by atoms with Crippen molar-refractivity contribution in [2.45, 2.75) is 84.8 Å². The SMILES string of the molecule is CC(O)CC(C)O.Cc1ccc(C(C)(C)c2c[c-]c(N3B(N(C)C)B(N(C)C)N(c4ccc(C(C)(C)c5ccc(C)cc5)cc4)[C]3=[Pt])cc2)cc1. The molecule has 2 unspecified atom stereocenters. The molecular weight excluding hydrogens is 809 g/mol. The number of aryl methyl sites for hydroxylation is 2. The summed E-state index contributed by atoms with van der Waals surface area (Å²) in [4.78, 5) is 9.53. The molecule has 6 nitrogen and oxygen atoms in total. The van der Waals surface area contributed by atoms with Gasteiger partial charge in [-0.3, -0.25) is 0 Å². The van der Waals surface area contributed by atoms with Crippen molar-refractivity contribution in [3.8, 4) is 0 Å². The predicted octanol–water partition coefficient (Wildman–Crippen LogP) is 7.03. The van der Waals surface area contributed by atoms with E-state index in [4.69, 9.17) is 10.2 Å². The van der Waals surface area contributed by atoms with E-state index in [1.165, 1.54) is 39.1 Å². The summed E-state index contributed by atoms with van der Waals surface area (Å²) in [5.41, 5.74) is 9.83. The van der Waals surface area contributed by atoms with E-state index in [1.54, 1.807) is 13.8 Å². The minimum atomic E-state index is -0.375. The predicted molar refractivity (Wildman–Crippen MR) is 215 cm³/mol. The summed E-state index contributed by atoms with van der Waals surface area (Å²) in [6, 6.07) is 37.4. The van der Waals surface area contributed by atoms with E-state index in [2.05, 4.69) is 205 Å². The molecule has 1 heterocycles. The Morgan fingerprint density at radius 3 is 1.35 bits per heavy atom. The Hall–Kier alpha value is -2.99. The van der Waals surface area contributed by atoms with Gasteiger partial charge in [0.2, 0.25) is 0 Å². The van der Waals surface area contributed by atoms with Crippen LogP contribution in [0.15, 0.2) is 91.0 Å². The first-order valence-electron chi connectivity index (χ1n) is 17.9. The number of nitrogens with zero attached hydrogens (tertiary/aromatic N) is 4. The van der Waals surface area contributed by atoms with E-state index >= 15 is 0 Å². The van der Waals surface area contributed by atoms with Gasteiger partial charge < -0.3 is 10.2 Å². The van der Waals surface area contributed by atoms with Crippen LogP contribution in [0, 0.1) is 19.9 Å². The first-order chi connectivity index (χ1) is 23.9. The molecule has 1 saturated heterocycles. The van der Waals surface area contributed by atoms with Crippen LogP contribution >= 0.6 is 0 Å². The first kappa shape index (κ1) is 40.8. The summed E-state index contributed by atoms with van der Waals surface area (Å²) in [6.07, 6.45) is -0.278. The summed E-state index contributed by atoms with van der Waals surface area (Å²) >= 11 is 2.51. The molecule has 1 aliphatic heterocycles. The van der Waals surface area contributed by atoms with Gasteiger partial charge in [0.15, 0.2) is 0 Å². The van der Waals surface area contributed by atoms with E-state index in [9.17, 15) is 0 Å². The zero-order chi connectivity index (χ0) is 37.8. The Kier molecular flexibility index (Phi) is 13.4. The van der Waals surface area contributed by atoms with E-state index in [1.807, 2.05) is 0 Å². The molecule has 0 radical (unpaired) electrons. The average Bonchev–Trinajstić information content (AvgIpc) is 3.38. The molecule has 0 amide bonds. The molecule has 1 aliphatic rings. The van der Waals surface area contributed by atoms with Gasteiger partial charge in [-0.15, -0.1) is 0 Å². The van der Waals surface area contributed by atoms with Crippen molar-refractivity contribution in [3.05, 3.63) is 130 Å². The van der Waals surface area contributed by atoms with Crippen LogP contribution in [0.1, 0.15) is 81.3 Å². The second kappa shape index (κ2) is 16.8. The van der Waals surface area contributed by atoms with Gasteiger partial charge in [-0.05, 0) is 20.3 Å². The van der Waals surface area contributed by atoms with Crippen LogP contribution in [0.5, 0.6) is 0 Å². The summed E-state index contributed by atoms with van der Waals surface area (Å²) in [7, 11) is 8.69. The maximum atomic E-state index is 8.56. The van der Waals surface area contributed by atoms with Crippen LogP contribution in [0.4, 0.5) is 11.4 Å². The van der Waals surface area contributed by atoms with Crippen molar-refractivity contribution < 1.29 is 29.6 Å². The molecular formula is C42H57B2N4O2Pt-. The molecule has 4 aromatic carbocycles. The van der Waals surface area contributed by atoms with Crippen LogP contribution < -0.4 is 9.62 Å². The Morgan fingerprint density at radius 1 is 0.627 bits per heavy atom. The van der Waals surface area contributed by atoms with Crippen molar-refractivity contribution in [3.63, 3.8) is 0 Å². The van der Waals surface area contributed by atoms with Gasteiger partial charge in [-0.2, -0.15) is 0 Å². The average molecular weight is 867 g/mol. The molecule has 4 aromatic rings. The van der Waals surface area contributed by atoms with Gasteiger partial charge in [0.05, 0.1) is 12.2 Å². The third kappa shape index (κ3) is 9.33. The Labute approximate surface area is 320 Å². The van der Waals surface area contributed by atoms with Gasteiger partial charge in [-0.25, -0.2) is 0 Å². The van der Waals surface area contributed by atoms with Crippen molar-refractivity contribution in [2.24, 2.45) is 0 Å². The number of anilines is 2. The number of aliphatic hydroxyl groups is 2. The molecule has 9 heteroatoms. The van der Waals surface area contributed by atoms with E-state index in [0.29, 0.717) is 6.42 Å². The Bertz CT molecular complexity index is 1600. The molecule has 274 valence electrons. The molecule has 51 heavy (non-hydrogen) atoms. The van der Waals surface area contributed by atoms with E-state index in [-0.39, 0.29) is 36.8 Å². The number of hydrogen-bond donors (Lipinski definition) is 2. The quantitative estimate of drug-likeness (QED) is 0.132. The third-order valence-electron chi connectivity index (χ3n) is 10.1. The Balaban J connectivity index is 0.000000755. The van der Waals surface area contributed by atoms with Crippen LogP contribution in [-0.2, 0) is 30.2 Å². The molecule has 2 N–H and O–H groups in total. The van der Waals surface area contributed by atoms with Crippen LogP contribution in [0.3, 0.4) is 0 Å². The molecule has 5 rings (SSSR count). The molecule has 0 aliphatic carbocycles. The van der Waals surface area contributed by atoms with Crippen LogP contribution in [0.2, 0.25) is 0 Å². The van der Waals surface area contributed by atoms with Crippen molar-refractivity contribution in [2.75, 3.05) is 37.8 Å². The van der Waals surface area contributed by atoms with Gasteiger partial charge in [0.25, 0.3) is 0 Å². The summed E-state index contributed by atoms with van der Waals surface area (Å²) < 4.78 is 1.16. The molecule has 0 spiro atoms. The molecule has 0 aromatic heterocycles. The van der Waals surface area contributed by atoms with Crippen molar-refractivity contribution in [1.82, 2.24) is 9.62 Å². The fourth-order valence-electron chi connectivity index (χ4n) is 6.83. The molecule has 1 fully saturated rings. The first-order valence-corrected chi connectivity index (χ1v) is 19.0. The number of aliphatic hydroxyl groups excluding tert-OH is 2. The maximum absolute atomic E-state index is 8.56. The number of rotatable bonds is 10. The third-order valence-corrected chi connectivity index (χ3v) is 11.2. The monoisotopic (exact) mass is 866 g/mol. The topological polar surface area (TPSA) is 53.4 Å².